The van der Waals surface area contributed by atoms with E-state index in [0.717, 1.165) is 24.6 Å². The number of ether oxygens (including phenoxy) is 1. The lowest BCUT2D eigenvalue weighted by Gasteiger charge is -2.24. The molecule has 0 aliphatic carbocycles. The van der Waals surface area contributed by atoms with Gasteiger partial charge in [0.2, 0.25) is 5.72 Å². The van der Waals surface area contributed by atoms with Crippen LogP contribution in [0.2, 0.25) is 0 Å². The second-order valence-corrected chi connectivity index (χ2v) is 7.38. The van der Waals surface area contributed by atoms with Gasteiger partial charge in [0.25, 0.3) is 0 Å². The molecule has 5 N–H and O–H groups in total. The maximum Gasteiger partial charge on any atom is 0.382 e. The van der Waals surface area contributed by atoms with E-state index in [1.165, 1.54) is 6.07 Å². The van der Waals surface area contributed by atoms with Crippen LogP contribution in [0.5, 0.6) is 0 Å². The number of carboxylic acid groups (broad SMARTS) is 1. The zero-order chi connectivity index (χ0) is 22.7. The SMILES string of the molecule is CC(C)(/N=[P+](\[O-])OOC[C@@]1(N=[N+]=[N-])O[C@@H](n2ccc(N)nc2=O)[C@H](O)[C@@H]1O)C(=O)O. The molecule has 0 spiro atoms. The highest BCUT2D eigenvalue weighted by molar-refractivity contribution is 7.33. The van der Waals surface area contributed by atoms with Crippen molar-refractivity contribution in [1.29, 1.82) is 0 Å². The molecule has 1 fully saturated rings. The number of rotatable bonds is 8. The molecule has 1 unspecified atom stereocenters. The van der Waals surface area contributed by atoms with Gasteiger partial charge in [-0.2, -0.15) is 9.87 Å². The lowest BCUT2D eigenvalue weighted by Crippen LogP contribution is -2.45. The van der Waals surface area contributed by atoms with Crippen LogP contribution in [-0.4, -0.2) is 60.9 Å². The van der Waals surface area contributed by atoms with Crippen LogP contribution in [0.15, 0.2) is 26.9 Å². The first-order valence-electron chi connectivity index (χ1n) is 8.11. The minimum atomic E-state index is -2.98. The summed E-state index contributed by atoms with van der Waals surface area (Å²) in [7, 11) is -2.98. The minimum Gasteiger partial charge on any atom is -0.581 e. The summed E-state index contributed by atoms with van der Waals surface area (Å²) in [5.41, 5.74) is 9.25. The number of nitrogen functional groups attached to an aromatic ring is 1. The highest BCUT2D eigenvalue weighted by Gasteiger charge is 2.56. The van der Waals surface area contributed by atoms with Crippen molar-refractivity contribution in [2.75, 3.05) is 12.3 Å². The second kappa shape index (κ2) is 8.99. The van der Waals surface area contributed by atoms with Gasteiger partial charge in [0.15, 0.2) is 11.8 Å². The van der Waals surface area contributed by atoms with E-state index in [4.69, 9.17) is 21.1 Å². The third-order valence-corrected chi connectivity index (χ3v) is 4.88. The number of aliphatic carboxylic acids is 1. The molecule has 30 heavy (non-hydrogen) atoms. The number of carbonyl (C=O) groups is 1. The van der Waals surface area contributed by atoms with E-state index in [1.54, 1.807) is 0 Å². The van der Waals surface area contributed by atoms with Crippen molar-refractivity contribution in [2.45, 2.75) is 43.5 Å². The summed E-state index contributed by atoms with van der Waals surface area (Å²) in [6.07, 6.45) is -4.08. The third-order valence-electron chi connectivity index (χ3n) is 3.98. The van der Waals surface area contributed by atoms with Gasteiger partial charge in [-0.1, -0.05) is 9.86 Å². The van der Waals surface area contributed by atoms with Crippen molar-refractivity contribution < 1.29 is 39.3 Å². The number of aliphatic hydroxyl groups excluding tert-OH is 2. The van der Waals surface area contributed by atoms with Crippen LogP contribution in [0.4, 0.5) is 5.82 Å². The molecule has 0 radical (unpaired) electrons. The van der Waals surface area contributed by atoms with Crippen LogP contribution in [0.3, 0.4) is 0 Å². The van der Waals surface area contributed by atoms with E-state index in [2.05, 4.69) is 29.3 Å². The number of hydrogen-bond donors (Lipinski definition) is 4. The monoisotopic (exact) mass is 447 g/mol. The molecule has 5 atom stereocenters. The predicted molar refractivity (Wildman–Crippen MR) is 95.0 cm³/mol. The Hall–Kier alpha value is -2.68. The number of anilines is 1. The van der Waals surface area contributed by atoms with Crippen molar-refractivity contribution in [3.63, 3.8) is 0 Å². The molecular weight excluding hydrogens is 429 g/mol. The largest absolute Gasteiger partial charge is 0.581 e. The Balaban J connectivity index is 2.21. The van der Waals surface area contributed by atoms with Crippen molar-refractivity contribution in [2.24, 2.45) is 9.86 Å². The second-order valence-electron chi connectivity index (χ2n) is 6.56. The van der Waals surface area contributed by atoms with Gasteiger partial charge in [0.05, 0.1) is 0 Å². The quantitative estimate of drug-likeness (QED) is 0.0914. The first kappa shape index (κ1) is 23.6. The van der Waals surface area contributed by atoms with Gasteiger partial charge >= 0.3 is 19.8 Å². The third kappa shape index (κ3) is 4.89. The summed E-state index contributed by atoms with van der Waals surface area (Å²) >= 11 is 0. The van der Waals surface area contributed by atoms with E-state index in [1.807, 2.05) is 0 Å². The zero-order valence-electron chi connectivity index (χ0n) is 15.6. The van der Waals surface area contributed by atoms with E-state index < -0.39 is 56.1 Å². The van der Waals surface area contributed by atoms with Crippen LogP contribution in [-0.2, 0) is 19.1 Å². The van der Waals surface area contributed by atoms with Gasteiger partial charge in [-0.15, -0.1) is 0 Å². The van der Waals surface area contributed by atoms with Gasteiger partial charge in [0.1, 0.15) is 24.6 Å². The van der Waals surface area contributed by atoms with E-state index >= 15 is 0 Å². The van der Waals surface area contributed by atoms with Crippen LogP contribution >= 0.6 is 8.17 Å². The van der Waals surface area contributed by atoms with Crippen molar-refractivity contribution in [3.05, 3.63) is 33.2 Å². The maximum absolute atomic E-state index is 12.0. The predicted octanol–water partition coefficient (Wildman–Crippen LogP) is -1.25. The molecule has 1 aliphatic rings. The molecule has 0 aromatic carbocycles. The summed E-state index contributed by atoms with van der Waals surface area (Å²) in [4.78, 5) is 45.3. The van der Waals surface area contributed by atoms with Crippen LogP contribution in [0.25, 0.3) is 10.4 Å². The number of nitrogens with zero attached hydrogens (tertiary/aromatic N) is 6. The smallest absolute Gasteiger partial charge is 0.382 e. The van der Waals surface area contributed by atoms with Gasteiger partial charge < -0.3 is 30.7 Å². The lowest BCUT2D eigenvalue weighted by molar-refractivity contribution is -0.291. The molecule has 1 aromatic rings. The fraction of sp³-hybridized carbons (Fsp3) is 0.615. The number of aliphatic hydroxyl groups is 2. The zero-order valence-corrected chi connectivity index (χ0v) is 16.5. The summed E-state index contributed by atoms with van der Waals surface area (Å²) in [5.74, 6) is -1.47. The van der Waals surface area contributed by atoms with E-state index in [0.29, 0.717) is 0 Å². The Morgan fingerprint density at radius 1 is 1.60 bits per heavy atom. The molecule has 1 aromatic heterocycles. The molecule has 16 nitrogen and oxygen atoms in total. The topological polar surface area (TPSA) is 251 Å². The molecule has 2 heterocycles. The first-order chi connectivity index (χ1) is 13.9. The Kier molecular flexibility index (Phi) is 7.07. The molecule has 1 saturated heterocycles. The fourth-order valence-corrected chi connectivity index (χ4v) is 3.01. The molecule has 1 aliphatic heterocycles. The average Bonchev–Trinajstić information content (AvgIpc) is 2.87. The Labute approximate surface area is 168 Å². The first-order valence-corrected chi connectivity index (χ1v) is 9.24. The summed E-state index contributed by atoms with van der Waals surface area (Å²) in [5, 5.41) is 32.8. The number of hydrogen-bond acceptors (Lipinski definition) is 12. The van der Waals surface area contributed by atoms with Crippen LogP contribution < -0.4 is 16.3 Å². The number of aromatic nitrogens is 2. The summed E-state index contributed by atoms with van der Waals surface area (Å²) < 4.78 is 14.0. The number of azide groups is 1. The molecule has 0 saturated carbocycles. The molecule has 2 rings (SSSR count). The standard InChI is InChI=1S/C13H18N7O9P/c1-12(2,10(23)24)18-30(26)29-27-5-13(17-19-15)8(22)7(21)9(28-13)20-4-3-6(14)16-11(20)25/h3-4,7-9,21-22H,5H2,1-2H3,(H,23,24)(H2,14,16,25)/t7-,8+,9-,13-/m1/s1. The van der Waals surface area contributed by atoms with Crippen molar-refractivity contribution in [1.82, 2.24) is 9.55 Å². The number of carboxylic acids is 1. The molecule has 0 bridgehead atoms. The van der Waals surface area contributed by atoms with Crippen LogP contribution in [0.1, 0.15) is 20.1 Å². The summed E-state index contributed by atoms with van der Waals surface area (Å²) in [6.45, 7) is 1.43. The van der Waals surface area contributed by atoms with Crippen LogP contribution in [0, 0.1) is 0 Å². The van der Waals surface area contributed by atoms with Gasteiger partial charge in [-0.25, -0.2) is 9.59 Å². The molecule has 164 valence electrons. The number of nitrogens with two attached hydrogens (primary N) is 1. The average molecular weight is 447 g/mol. The molecular formula is C13H18N7O9P. The highest BCUT2D eigenvalue weighted by Crippen LogP contribution is 2.39. The maximum atomic E-state index is 12.0. The minimum absolute atomic E-state index is 0.0980. The van der Waals surface area contributed by atoms with Gasteiger partial charge in [-0.3, -0.25) is 4.57 Å². The Morgan fingerprint density at radius 3 is 2.83 bits per heavy atom. The molecule has 0 amide bonds. The van der Waals surface area contributed by atoms with E-state index in [9.17, 15) is 24.7 Å². The fourth-order valence-electron chi connectivity index (χ4n) is 2.34. The summed E-state index contributed by atoms with van der Waals surface area (Å²) in [6, 6.07) is 1.23. The van der Waals surface area contributed by atoms with Crippen molar-refractivity contribution in [3.8, 4) is 0 Å². The highest BCUT2D eigenvalue weighted by atomic mass is 31.1. The van der Waals surface area contributed by atoms with Crippen molar-refractivity contribution >= 4 is 20.0 Å². The lowest BCUT2D eigenvalue weighted by atomic mass is 10.1. The molecule has 17 heteroatoms. The Bertz CT molecular complexity index is 947. The van der Waals surface area contributed by atoms with Gasteiger partial charge in [0, 0.05) is 15.8 Å². The Morgan fingerprint density at radius 2 is 2.27 bits per heavy atom. The van der Waals surface area contributed by atoms with E-state index in [-0.39, 0.29) is 5.82 Å². The normalized spacial score (nSPS) is 27.0. The van der Waals surface area contributed by atoms with Gasteiger partial charge in [-0.05, 0) is 25.4 Å².